The zero-order chi connectivity index (χ0) is 10.2. The molecule has 1 aliphatic rings. The fourth-order valence-corrected chi connectivity index (χ4v) is 2.72. The van der Waals surface area contributed by atoms with Gasteiger partial charge in [-0.2, -0.15) is 0 Å². The van der Waals surface area contributed by atoms with E-state index in [1.54, 1.807) is 11.8 Å². The zero-order valence-electron chi connectivity index (χ0n) is 8.17. The third-order valence-electron chi connectivity index (χ3n) is 2.12. The SMILES string of the molecule is O=C(NC/C=C/CCl)C1CCCCS1. The topological polar surface area (TPSA) is 29.1 Å². The van der Waals surface area contributed by atoms with Crippen LogP contribution in [0.2, 0.25) is 0 Å². The van der Waals surface area contributed by atoms with Gasteiger partial charge in [-0.25, -0.2) is 0 Å². The second-order valence-corrected chi connectivity index (χ2v) is 4.85. The molecule has 0 aliphatic carbocycles. The minimum absolute atomic E-state index is 0.174. The van der Waals surface area contributed by atoms with E-state index in [1.807, 2.05) is 12.2 Å². The summed E-state index contributed by atoms with van der Waals surface area (Å²) in [5.41, 5.74) is 0. The molecule has 1 fully saturated rings. The summed E-state index contributed by atoms with van der Waals surface area (Å²) < 4.78 is 0. The molecule has 1 rings (SSSR count). The van der Waals surface area contributed by atoms with E-state index in [1.165, 1.54) is 12.8 Å². The van der Waals surface area contributed by atoms with Gasteiger partial charge in [0.15, 0.2) is 0 Å². The van der Waals surface area contributed by atoms with E-state index in [4.69, 9.17) is 11.6 Å². The monoisotopic (exact) mass is 233 g/mol. The fourth-order valence-electron chi connectivity index (χ4n) is 1.37. The van der Waals surface area contributed by atoms with Crippen LogP contribution >= 0.6 is 23.4 Å². The van der Waals surface area contributed by atoms with Crippen LogP contribution in [0.3, 0.4) is 0 Å². The molecule has 0 saturated carbocycles. The van der Waals surface area contributed by atoms with Crippen LogP contribution < -0.4 is 5.32 Å². The standard InChI is InChI=1S/C10H16ClNOS/c11-6-2-3-7-12-10(13)9-5-1-4-8-14-9/h2-3,9H,1,4-8H2,(H,12,13)/b3-2+. The molecule has 1 heterocycles. The number of allylic oxidation sites excluding steroid dienone is 1. The van der Waals surface area contributed by atoms with Gasteiger partial charge in [0.25, 0.3) is 0 Å². The molecule has 0 radical (unpaired) electrons. The van der Waals surface area contributed by atoms with Crippen LogP contribution in [0.4, 0.5) is 0 Å². The Labute approximate surface area is 94.5 Å². The summed E-state index contributed by atoms with van der Waals surface area (Å²) in [5.74, 6) is 1.80. The van der Waals surface area contributed by atoms with Crippen molar-refractivity contribution >= 4 is 29.3 Å². The number of amides is 1. The molecule has 4 heteroatoms. The number of nitrogens with one attached hydrogen (secondary N) is 1. The van der Waals surface area contributed by atoms with Crippen LogP contribution in [-0.2, 0) is 4.79 Å². The van der Waals surface area contributed by atoms with Crippen molar-refractivity contribution in [3.05, 3.63) is 12.2 Å². The first kappa shape index (κ1) is 11.9. The summed E-state index contributed by atoms with van der Waals surface area (Å²) >= 11 is 7.23. The van der Waals surface area contributed by atoms with Crippen molar-refractivity contribution in [2.75, 3.05) is 18.2 Å². The highest BCUT2D eigenvalue weighted by atomic mass is 35.5. The van der Waals surface area contributed by atoms with Crippen molar-refractivity contribution < 1.29 is 4.79 Å². The summed E-state index contributed by atoms with van der Waals surface area (Å²) in [5, 5.41) is 3.06. The van der Waals surface area contributed by atoms with Gasteiger partial charge in [0.05, 0.1) is 5.25 Å². The van der Waals surface area contributed by atoms with E-state index in [-0.39, 0.29) is 11.2 Å². The maximum atomic E-state index is 11.6. The predicted molar refractivity (Wildman–Crippen MR) is 63.0 cm³/mol. The molecule has 0 bridgehead atoms. The highest BCUT2D eigenvalue weighted by molar-refractivity contribution is 8.00. The summed E-state index contributed by atoms with van der Waals surface area (Å²) in [6.07, 6.45) is 7.19. The van der Waals surface area contributed by atoms with E-state index in [0.717, 1.165) is 12.2 Å². The largest absolute Gasteiger partial charge is 0.352 e. The number of hydrogen-bond donors (Lipinski definition) is 1. The number of rotatable bonds is 4. The van der Waals surface area contributed by atoms with Crippen LogP contribution in [0.5, 0.6) is 0 Å². The van der Waals surface area contributed by atoms with Gasteiger partial charge in [0, 0.05) is 12.4 Å². The van der Waals surface area contributed by atoms with Crippen LogP contribution in [-0.4, -0.2) is 29.3 Å². The van der Waals surface area contributed by atoms with E-state index >= 15 is 0 Å². The summed E-state index contributed by atoms with van der Waals surface area (Å²) in [6.45, 7) is 0.600. The van der Waals surface area contributed by atoms with Gasteiger partial charge >= 0.3 is 0 Å². The molecule has 0 aromatic rings. The second-order valence-electron chi connectivity index (χ2n) is 3.23. The Morgan fingerprint density at radius 1 is 1.50 bits per heavy atom. The Morgan fingerprint density at radius 2 is 2.36 bits per heavy atom. The average molecular weight is 234 g/mol. The van der Waals surface area contributed by atoms with Crippen molar-refractivity contribution in [3.63, 3.8) is 0 Å². The van der Waals surface area contributed by atoms with Gasteiger partial charge in [-0.3, -0.25) is 4.79 Å². The minimum atomic E-state index is 0.174. The second kappa shape index (κ2) is 7.18. The molecule has 1 aliphatic heterocycles. The van der Waals surface area contributed by atoms with Gasteiger partial charge in [0.2, 0.25) is 5.91 Å². The van der Waals surface area contributed by atoms with Gasteiger partial charge in [-0.05, 0) is 18.6 Å². The Morgan fingerprint density at radius 3 is 3.00 bits per heavy atom. The molecule has 1 atom stereocenters. The van der Waals surface area contributed by atoms with Crippen LogP contribution in [0.15, 0.2) is 12.2 Å². The normalized spacial score (nSPS) is 22.5. The number of alkyl halides is 1. The van der Waals surface area contributed by atoms with Crippen molar-refractivity contribution in [2.24, 2.45) is 0 Å². The van der Waals surface area contributed by atoms with Crippen molar-refractivity contribution in [1.29, 1.82) is 0 Å². The predicted octanol–water partition coefficient (Wildman–Crippen LogP) is 2.18. The summed E-state index contributed by atoms with van der Waals surface area (Å²) in [4.78, 5) is 11.6. The molecular weight excluding hydrogens is 218 g/mol. The van der Waals surface area contributed by atoms with Gasteiger partial charge in [-0.1, -0.05) is 18.6 Å². The first-order valence-electron chi connectivity index (χ1n) is 4.95. The maximum Gasteiger partial charge on any atom is 0.233 e. The molecule has 14 heavy (non-hydrogen) atoms. The lowest BCUT2D eigenvalue weighted by Crippen LogP contribution is -2.34. The lowest BCUT2D eigenvalue weighted by atomic mass is 10.2. The maximum absolute atomic E-state index is 11.6. The molecule has 0 aromatic heterocycles. The van der Waals surface area contributed by atoms with E-state index in [0.29, 0.717) is 12.4 Å². The van der Waals surface area contributed by atoms with Crippen LogP contribution in [0.25, 0.3) is 0 Å². The Balaban J connectivity index is 2.16. The molecule has 0 aromatic carbocycles. The van der Waals surface area contributed by atoms with Crippen molar-refractivity contribution in [3.8, 4) is 0 Å². The smallest absolute Gasteiger partial charge is 0.233 e. The first-order valence-corrected chi connectivity index (χ1v) is 6.53. The third kappa shape index (κ3) is 4.38. The molecule has 1 amide bonds. The van der Waals surface area contributed by atoms with Crippen LogP contribution in [0.1, 0.15) is 19.3 Å². The number of halogens is 1. The fraction of sp³-hybridized carbons (Fsp3) is 0.700. The lowest BCUT2D eigenvalue weighted by Gasteiger charge is -2.19. The first-order chi connectivity index (χ1) is 6.84. The molecule has 1 N–H and O–H groups in total. The van der Waals surface area contributed by atoms with Gasteiger partial charge in [-0.15, -0.1) is 23.4 Å². The molecule has 2 nitrogen and oxygen atoms in total. The van der Waals surface area contributed by atoms with E-state index in [2.05, 4.69) is 5.32 Å². The summed E-state index contributed by atoms with van der Waals surface area (Å²) in [6, 6.07) is 0. The summed E-state index contributed by atoms with van der Waals surface area (Å²) in [7, 11) is 0. The average Bonchev–Trinajstić information content (AvgIpc) is 2.25. The molecule has 80 valence electrons. The number of thioether (sulfide) groups is 1. The van der Waals surface area contributed by atoms with Crippen molar-refractivity contribution in [2.45, 2.75) is 24.5 Å². The van der Waals surface area contributed by atoms with Gasteiger partial charge < -0.3 is 5.32 Å². The molecule has 1 unspecified atom stereocenters. The van der Waals surface area contributed by atoms with Crippen molar-refractivity contribution in [1.82, 2.24) is 5.32 Å². The molecule has 1 saturated heterocycles. The quantitative estimate of drug-likeness (QED) is 0.596. The van der Waals surface area contributed by atoms with E-state index < -0.39 is 0 Å². The minimum Gasteiger partial charge on any atom is -0.352 e. The Hall–Kier alpha value is -0.150. The molecular formula is C10H16ClNOS. The van der Waals surface area contributed by atoms with Crippen LogP contribution in [0, 0.1) is 0 Å². The third-order valence-corrected chi connectivity index (χ3v) is 3.68. The van der Waals surface area contributed by atoms with E-state index in [9.17, 15) is 4.79 Å². The number of hydrogen-bond acceptors (Lipinski definition) is 2. The highest BCUT2D eigenvalue weighted by Gasteiger charge is 2.20. The lowest BCUT2D eigenvalue weighted by molar-refractivity contribution is -0.120. The Kier molecular flexibility index (Phi) is 6.12. The Bertz CT molecular complexity index is 202. The highest BCUT2D eigenvalue weighted by Crippen LogP contribution is 2.24. The zero-order valence-corrected chi connectivity index (χ0v) is 9.74. The molecule has 0 spiro atoms. The number of carbonyl (C=O) groups excluding carboxylic acids is 1. The van der Waals surface area contributed by atoms with Gasteiger partial charge in [0.1, 0.15) is 0 Å². The number of carbonyl (C=O) groups is 1.